The molecular formula is C23H19ClN4O3S. The summed E-state index contributed by atoms with van der Waals surface area (Å²) in [6.07, 6.45) is 0. The van der Waals surface area contributed by atoms with Gasteiger partial charge in [0.05, 0.1) is 12.7 Å². The first-order valence-corrected chi connectivity index (χ1v) is 10.8. The molecule has 0 unspecified atom stereocenters. The lowest BCUT2D eigenvalue weighted by atomic mass is 9.96. The van der Waals surface area contributed by atoms with Crippen molar-refractivity contribution in [1.82, 2.24) is 15.2 Å². The molecule has 2 heterocycles. The number of pyridine rings is 1. The number of nitrogens with zero attached hydrogens (tertiary/aromatic N) is 3. The fourth-order valence-electron chi connectivity index (χ4n) is 3.27. The monoisotopic (exact) mass is 466 g/mol. The molecule has 0 aliphatic rings. The van der Waals surface area contributed by atoms with Crippen LogP contribution >= 0.6 is 22.9 Å². The van der Waals surface area contributed by atoms with Crippen molar-refractivity contribution in [2.75, 3.05) is 7.11 Å². The number of aryl methyl sites for hydroxylation is 1. The molecule has 4 aromatic rings. The third kappa shape index (κ3) is 4.56. The molecule has 0 aliphatic carbocycles. The van der Waals surface area contributed by atoms with Crippen molar-refractivity contribution in [1.29, 1.82) is 0 Å². The van der Waals surface area contributed by atoms with E-state index in [4.69, 9.17) is 26.8 Å². The highest BCUT2D eigenvalue weighted by atomic mass is 35.5. The van der Waals surface area contributed by atoms with E-state index in [1.54, 1.807) is 31.4 Å². The van der Waals surface area contributed by atoms with Crippen molar-refractivity contribution in [3.8, 4) is 33.3 Å². The van der Waals surface area contributed by atoms with Crippen molar-refractivity contribution in [2.24, 2.45) is 5.73 Å². The summed E-state index contributed by atoms with van der Waals surface area (Å²) in [7, 11) is 1.58. The number of para-hydroxylation sites is 1. The lowest BCUT2D eigenvalue weighted by Gasteiger charge is -2.14. The minimum atomic E-state index is -0.611. The number of hydrogen-bond donors (Lipinski definition) is 1. The molecule has 2 aromatic heterocycles. The van der Waals surface area contributed by atoms with E-state index in [0.29, 0.717) is 43.5 Å². The lowest BCUT2D eigenvalue weighted by molar-refractivity contribution is 0.100. The normalized spacial score (nSPS) is 10.7. The predicted octanol–water partition coefficient (Wildman–Crippen LogP) is 4.92. The lowest BCUT2D eigenvalue weighted by Crippen LogP contribution is -2.15. The van der Waals surface area contributed by atoms with Gasteiger partial charge in [0.2, 0.25) is 0 Å². The van der Waals surface area contributed by atoms with Crippen LogP contribution in [0.3, 0.4) is 0 Å². The summed E-state index contributed by atoms with van der Waals surface area (Å²) in [5, 5.41) is 10.1. The average Bonchev–Trinajstić information content (AvgIpc) is 3.26. The number of carbonyl (C=O) groups excluding carboxylic acids is 1. The van der Waals surface area contributed by atoms with E-state index in [2.05, 4.69) is 15.2 Å². The third-order valence-corrected chi connectivity index (χ3v) is 5.76. The molecule has 0 radical (unpaired) electrons. The molecule has 2 N–H and O–H groups in total. The fraction of sp³-hybridized carbons (Fsp3) is 0.130. The second-order valence-corrected chi connectivity index (χ2v) is 8.34. The second kappa shape index (κ2) is 9.33. The Morgan fingerprint density at radius 1 is 1.09 bits per heavy atom. The van der Waals surface area contributed by atoms with Crippen LogP contribution in [0.4, 0.5) is 0 Å². The topological polar surface area (TPSA) is 100 Å². The highest BCUT2D eigenvalue weighted by Gasteiger charge is 2.23. The number of aromatic nitrogens is 3. The molecule has 0 saturated carbocycles. The van der Waals surface area contributed by atoms with Crippen LogP contribution in [0.1, 0.15) is 21.1 Å². The summed E-state index contributed by atoms with van der Waals surface area (Å²) in [6, 6.07) is 16.3. The zero-order chi connectivity index (χ0) is 22.7. The van der Waals surface area contributed by atoms with Gasteiger partial charge in [0.15, 0.2) is 10.0 Å². The van der Waals surface area contributed by atoms with Crippen LogP contribution in [-0.4, -0.2) is 28.2 Å². The van der Waals surface area contributed by atoms with E-state index >= 15 is 0 Å². The van der Waals surface area contributed by atoms with Gasteiger partial charge in [-0.1, -0.05) is 47.2 Å². The molecule has 0 spiro atoms. The first kappa shape index (κ1) is 21.7. The number of carbonyl (C=O) groups is 1. The molecule has 2 aromatic carbocycles. The summed E-state index contributed by atoms with van der Waals surface area (Å²) in [5.74, 6) is 0.638. The molecule has 0 aliphatic heterocycles. The maximum Gasteiger partial charge on any atom is 0.251 e. The van der Waals surface area contributed by atoms with Gasteiger partial charge < -0.3 is 15.2 Å². The van der Waals surface area contributed by atoms with Gasteiger partial charge in [-0.25, -0.2) is 4.98 Å². The van der Waals surface area contributed by atoms with Gasteiger partial charge in [-0.2, -0.15) is 0 Å². The molecule has 0 saturated heterocycles. The summed E-state index contributed by atoms with van der Waals surface area (Å²) < 4.78 is 11.2. The highest BCUT2D eigenvalue weighted by molar-refractivity contribution is 7.14. The highest BCUT2D eigenvalue weighted by Crippen LogP contribution is 2.37. The molecule has 1 amide bonds. The summed E-state index contributed by atoms with van der Waals surface area (Å²) in [5.41, 5.74) is 8.50. The Morgan fingerprint density at radius 2 is 1.91 bits per heavy atom. The number of primary amides is 1. The van der Waals surface area contributed by atoms with Gasteiger partial charge in [-0.05, 0) is 37.3 Å². The smallest absolute Gasteiger partial charge is 0.251 e. The van der Waals surface area contributed by atoms with E-state index in [0.717, 1.165) is 5.56 Å². The SMILES string of the molecule is COc1ccccc1-c1cc(C)nc(-c2nnc(COc3cccc(Cl)c3)s2)c1C(N)=O. The molecule has 7 nitrogen and oxygen atoms in total. The Labute approximate surface area is 193 Å². The number of methoxy groups -OCH3 is 1. The van der Waals surface area contributed by atoms with E-state index < -0.39 is 5.91 Å². The summed E-state index contributed by atoms with van der Waals surface area (Å²) in [4.78, 5) is 17.1. The number of benzene rings is 2. The Kier molecular flexibility index (Phi) is 6.34. The quantitative estimate of drug-likeness (QED) is 0.415. The Bertz CT molecular complexity index is 1290. The van der Waals surface area contributed by atoms with E-state index in [9.17, 15) is 4.79 Å². The number of rotatable bonds is 7. The Morgan fingerprint density at radius 3 is 2.66 bits per heavy atom. The van der Waals surface area contributed by atoms with Gasteiger partial charge in [0, 0.05) is 21.8 Å². The first-order chi connectivity index (χ1) is 15.5. The third-order valence-electron chi connectivity index (χ3n) is 4.62. The van der Waals surface area contributed by atoms with E-state index in [1.165, 1.54) is 11.3 Å². The van der Waals surface area contributed by atoms with Crippen molar-refractivity contribution in [3.63, 3.8) is 0 Å². The number of amides is 1. The molecule has 0 atom stereocenters. The zero-order valence-electron chi connectivity index (χ0n) is 17.3. The van der Waals surface area contributed by atoms with Crippen molar-refractivity contribution >= 4 is 28.8 Å². The predicted molar refractivity (Wildman–Crippen MR) is 124 cm³/mol. The van der Waals surface area contributed by atoms with E-state index in [-0.39, 0.29) is 12.2 Å². The minimum Gasteiger partial charge on any atom is -0.496 e. The molecule has 32 heavy (non-hydrogen) atoms. The number of ether oxygens (including phenoxy) is 2. The van der Waals surface area contributed by atoms with Crippen molar-refractivity contribution < 1.29 is 14.3 Å². The molecule has 0 fully saturated rings. The summed E-state index contributed by atoms with van der Waals surface area (Å²) >= 11 is 7.28. The van der Waals surface area contributed by atoms with Crippen LogP contribution < -0.4 is 15.2 Å². The number of nitrogens with two attached hydrogens (primary N) is 1. The largest absolute Gasteiger partial charge is 0.496 e. The summed E-state index contributed by atoms with van der Waals surface area (Å²) in [6.45, 7) is 2.05. The maximum absolute atomic E-state index is 12.5. The van der Waals surface area contributed by atoms with Gasteiger partial charge in [-0.3, -0.25) is 4.79 Å². The standard InChI is InChI=1S/C23H19ClN4O3S/c1-13-10-17(16-8-3-4-9-18(16)30-2)20(22(25)29)21(26-13)23-28-27-19(32-23)12-31-15-7-5-6-14(24)11-15/h3-11H,12H2,1-2H3,(H2,25,29). The zero-order valence-corrected chi connectivity index (χ0v) is 18.9. The van der Waals surface area contributed by atoms with Crippen LogP contribution in [-0.2, 0) is 6.61 Å². The van der Waals surface area contributed by atoms with Crippen LogP contribution in [0.15, 0.2) is 54.6 Å². The Hall–Kier alpha value is -3.49. The molecule has 4 rings (SSSR count). The molecular weight excluding hydrogens is 448 g/mol. The first-order valence-electron chi connectivity index (χ1n) is 9.62. The van der Waals surface area contributed by atoms with E-state index in [1.807, 2.05) is 37.3 Å². The fourth-order valence-corrected chi connectivity index (χ4v) is 4.20. The van der Waals surface area contributed by atoms with Crippen LogP contribution in [0.5, 0.6) is 11.5 Å². The second-order valence-electron chi connectivity index (χ2n) is 6.85. The van der Waals surface area contributed by atoms with Crippen LogP contribution in [0.25, 0.3) is 21.8 Å². The minimum absolute atomic E-state index is 0.203. The van der Waals surface area contributed by atoms with Crippen molar-refractivity contribution in [3.05, 3.63) is 75.9 Å². The maximum atomic E-state index is 12.5. The molecule has 9 heteroatoms. The van der Waals surface area contributed by atoms with Gasteiger partial charge >= 0.3 is 0 Å². The van der Waals surface area contributed by atoms with Gasteiger partial charge in [0.1, 0.15) is 23.8 Å². The van der Waals surface area contributed by atoms with Crippen molar-refractivity contribution in [2.45, 2.75) is 13.5 Å². The van der Waals surface area contributed by atoms with Crippen LogP contribution in [0.2, 0.25) is 5.02 Å². The molecule has 162 valence electrons. The number of halogens is 1. The average molecular weight is 467 g/mol. The van der Waals surface area contributed by atoms with Gasteiger partial charge in [-0.15, -0.1) is 10.2 Å². The number of hydrogen-bond acceptors (Lipinski definition) is 7. The molecule has 0 bridgehead atoms. The van der Waals surface area contributed by atoms with Crippen LogP contribution in [0, 0.1) is 6.92 Å². The van der Waals surface area contributed by atoms with Gasteiger partial charge in [0.25, 0.3) is 5.91 Å². The Balaban J connectivity index is 1.73.